The van der Waals surface area contributed by atoms with E-state index in [0.29, 0.717) is 16.7 Å². The zero-order valence-corrected chi connectivity index (χ0v) is 16.8. The van der Waals surface area contributed by atoms with Crippen molar-refractivity contribution in [3.8, 4) is 0 Å². The number of furan rings is 1. The molecule has 0 unspecified atom stereocenters. The molecular formula is C20H21ClN4O2S+2. The van der Waals surface area contributed by atoms with Crippen LogP contribution in [0.3, 0.4) is 0 Å². The average Bonchev–Trinajstić information content (AvgIpc) is 3.27. The highest BCUT2D eigenvalue weighted by Crippen LogP contribution is 2.24. The van der Waals surface area contributed by atoms with Crippen molar-refractivity contribution in [2.24, 2.45) is 0 Å². The van der Waals surface area contributed by atoms with Gasteiger partial charge in [-0.05, 0) is 24.3 Å². The maximum atomic E-state index is 12.5. The van der Waals surface area contributed by atoms with Gasteiger partial charge >= 0.3 is 0 Å². The molecule has 144 valence electrons. The number of aromatic amines is 1. The molecule has 4 aromatic rings. The summed E-state index contributed by atoms with van der Waals surface area (Å²) in [7, 11) is 0. The number of thiophene rings is 1. The molecule has 0 aliphatic carbocycles. The molecule has 5 rings (SSSR count). The molecule has 0 amide bonds. The molecule has 28 heavy (non-hydrogen) atoms. The molecule has 3 N–H and O–H groups in total. The van der Waals surface area contributed by atoms with Crippen molar-refractivity contribution in [1.82, 2.24) is 9.97 Å². The Hall–Kier alpha value is -2.19. The van der Waals surface area contributed by atoms with Crippen LogP contribution in [-0.4, -0.2) is 36.1 Å². The highest BCUT2D eigenvalue weighted by Gasteiger charge is 2.25. The second-order valence-corrected chi connectivity index (χ2v) is 9.15. The van der Waals surface area contributed by atoms with Crippen LogP contribution in [0.15, 0.2) is 45.6 Å². The molecule has 4 heterocycles. The molecule has 0 bridgehead atoms. The Morgan fingerprint density at radius 1 is 1.07 bits per heavy atom. The van der Waals surface area contributed by atoms with Crippen molar-refractivity contribution in [3.63, 3.8) is 0 Å². The van der Waals surface area contributed by atoms with E-state index in [1.807, 2.05) is 30.3 Å². The fraction of sp³-hybridized carbons (Fsp3) is 0.300. The van der Waals surface area contributed by atoms with Gasteiger partial charge in [0.2, 0.25) is 5.58 Å². The van der Waals surface area contributed by atoms with Gasteiger partial charge in [0, 0.05) is 5.39 Å². The lowest BCUT2D eigenvalue weighted by molar-refractivity contribution is -1.02. The van der Waals surface area contributed by atoms with Gasteiger partial charge in [-0.1, -0.05) is 23.7 Å². The molecule has 0 radical (unpaired) electrons. The summed E-state index contributed by atoms with van der Waals surface area (Å²) in [5, 5.41) is 0.892. The first-order valence-corrected chi connectivity index (χ1v) is 10.7. The fourth-order valence-electron chi connectivity index (χ4n) is 3.97. The molecule has 1 aliphatic rings. The number of aromatic nitrogens is 2. The maximum Gasteiger partial charge on any atom is 0.294 e. The molecule has 1 fully saturated rings. The van der Waals surface area contributed by atoms with E-state index in [4.69, 9.17) is 21.0 Å². The summed E-state index contributed by atoms with van der Waals surface area (Å²) in [5.41, 5.74) is 1.47. The monoisotopic (exact) mass is 416 g/mol. The van der Waals surface area contributed by atoms with Crippen LogP contribution in [0.4, 0.5) is 0 Å². The number of hydrogen-bond donors (Lipinski definition) is 3. The highest BCUT2D eigenvalue weighted by atomic mass is 35.5. The Morgan fingerprint density at radius 3 is 2.57 bits per heavy atom. The fourth-order valence-corrected chi connectivity index (χ4v) is 5.13. The molecule has 0 saturated carbocycles. The number of piperazine rings is 1. The van der Waals surface area contributed by atoms with Crippen LogP contribution in [0.2, 0.25) is 4.34 Å². The van der Waals surface area contributed by atoms with Crippen molar-refractivity contribution in [1.29, 1.82) is 0 Å². The van der Waals surface area contributed by atoms with Crippen LogP contribution >= 0.6 is 22.9 Å². The molecule has 6 nitrogen and oxygen atoms in total. The second kappa shape index (κ2) is 7.33. The van der Waals surface area contributed by atoms with E-state index in [1.165, 1.54) is 9.78 Å². The molecule has 1 saturated heterocycles. The highest BCUT2D eigenvalue weighted by molar-refractivity contribution is 7.16. The van der Waals surface area contributed by atoms with Crippen LogP contribution in [0.1, 0.15) is 10.7 Å². The van der Waals surface area contributed by atoms with Gasteiger partial charge in [-0.15, -0.1) is 11.3 Å². The summed E-state index contributed by atoms with van der Waals surface area (Å²) in [6, 6.07) is 11.7. The lowest BCUT2D eigenvalue weighted by Gasteiger charge is -2.29. The molecule has 0 atom stereocenters. The predicted octanol–water partition coefficient (Wildman–Crippen LogP) is 0.868. The normalized spacial score (nSPS) is 20.2. The number of nitrogens with zero attached hydrogens (tertiary/aromatic N) is 1. The minimum absolute atomic E-state index is 0.200. The number of quaternary nitrogens is 2. The average molecular weight is 417 g/mol. The molecule has 1 aliphatic heterocycles. The quantitative estimate of drug-likeness (QED) is 0.462. The van der Waals surface area contributed by atoms with E-state index in [2.05, 4.69) is 11.1 Å². The number of halogens is 1. The van der Waals surface area contributed by atoms with Gasteiger partial charge in [0.05, 0.1) is 9.21 Å². The zero-order valence-electron chi connectivity index (χ0n) is 15.3. The van der Waals surface area contributed by atoms with Gasteiger partial charge in [-0.3, -0.25) is 4.79 Å². The Balaban J connectivity index is 1.29. The first-order valence-electron chi connectivity index (χ1n) is 9.47. The van der Waals surface area contributed by atoms with Gasteiger partial charge in [-0.2, -0.15) is 0 Å². The van der Waals surface area contributed by atoms with Gasteiger partial charge in [0.25, 0.3) is 5.56 Å². The number of nitrogens with one attached hydrogen (secondary N) is 3. The molecule has 0 spiro atoms. The third-order valence-electron chi connectivity index (χ3n) is 5.41. The van der Waals surface area contributed by atoms with E-state index in [-0.39, 0.29) is 5.56 Å². The number of fused-ring (bicyclic) bond motifs is 3. The van der Waals surface area contributed by atoms with Crippen LogP contribution in [0.5, 0.6) is 0 Å². The third kappa shape index (κ3) is 3.46. The first-order chi connectivity index (χ1) is 13.7. The standard InChI is InChI=1S/C20H19ClN4O2S/c21-16-6-5-13(28-16)11-24-7-9-25(10-8-24)12-17-22-18-14-3-1-2-4-15(14)27-19(18)20(26)23-17/h1-6H,7-12H2,(H,22,23,26)/p+2. The number of rotatable bonds is 4. The smallest absolute Gasteiger partial charge is 0.294 e. The van der Waals surface area contributed by atoms with E-state index in [9.17, 15) is 4.79 Å². The second-order valence-electron chi connectivity index (χ2n) is 7.35. The first kappa shape index (κ1) is 17.9. The Kier molecular flexibility index (Phi) is 4.68. The van der Waals surface area contributed by atoms with E-state index in [1.54, 1.807) is 16.2 Å². The summed E-state index contributed by atoms with van der Waals surface area (Å²) in [4.78, 5) is 24.5. The maximum absolute atomic E-state index is 12.5. The largest absolute Gasteiger partial charge is 0.449 e. The lowest BCUT2D eigenvalue weighted by Crippen LogP contribution is -3.27. The summed E-state index contributed by atoms with van der Waals surface area (Å²) in [5.74, 6) is 0.729. The summed E-state index contributed by atoms with van der Waals surface area (Å²) in [6.45, 7) is 6.08. The van der Waals surface area contributed by atoms with Crippen molar-refractivity contribution in [2.75, 3.05) is 26.2 Å². The lowest BCUT2D eigenvalue weighted by atomic mass is 10.2. The van der Waals surface area contributed by atoms with Crippen molar-refractivity contribution in [2.45, 2.75) is 13.1 Å². The topological polar surface area (TPSA) is 67.8 Å². The number of para-hydroxylation sites is 1. The minimum Gasteiger partial charge on any atom is -0.449 e. The summed E-state index contributed by atoms with van der Waals surface area (Å²) >= 11 is 7.70. The third-order valence-corrected chi connectivity index (χ3v) is 6.65. The Morgan fingerprint density at radius 2 is 1.82 bits per heavy atom. The Bertz CT molecular complexity index is 1190. The van der Waals surface area contributed by atoms with E-state index < -0.39 is 0 Å². The molecule has 1 aromatic carbocycles. The number of hydrogen-bond acceptors (Lipinski definition) is 4. The number of benzene rings is 1. The van der Waals surface area contributed by atoms with E-state index in [0.717, 1.165) is 54.8 Å². The Labute approximate surface area is 170 Å². The molecular weight excluding hydrogens is 396 g/mol. The minimum atomic E-state index is -0.200. The summed E-state index contributed by atoms with van der Waals surface area (Å²) in [6.07, 6.45) is 0. The zero-order chi connectivity index (χ0) is 19.1. The van der Waals surface area contributed by atoms with Gasteiger partial charge in [-0.25, -0.2) is 4.98 Å². The predicted molar refractivity (Wildman–Crippen MR) is 110 cm³/mol. The van der Waals surface area contributed by atoms with E-state index >= 15 is 0 Å². The van der Waals surface area contributed by atoms with Crippen LogP contribution in [-0.2, 0) is 13.1 Å². The molecule has 8 heteroatoms. The molecule has 3 aromatic heterocycles. The van der Waals surface area contributed by atoms with Crippen LogP contribution < -0.4 is 15.4 Å². The van der Waals surface area contributed by atoms with Gasteiger partial charge in [0.15, 0.2) is 5.82 Å². The van der Waals surface area contributed by atoms with Crippen LogP contribution in [0.25, 0.3) is 22.1 Å². The van der Waals surface area contributed by atoms with Gasteiger partial charge < -0.3 is 19.2 Å². The van der Waals surface area contributed by atoms with Gasteiger partial charge in [0.1, 0.15) is 50.4 Å². The van der Waals surface area contributed by atoms with Crippen molar-refractivity contribution >= 4 is 45.0 Å². The number of H-pyrrole nitrogens is 1. The van der Waals surface area contributed by atoms with Crippen LogP contribution in [0, 0.1) is 0 Å². The van der Waals surface area contributed by atoms with Crippen molar-refractivity contribution < 1.29 is 14.2 Å². The van der Waals surface area contributed by atoms with Crippen molar-refractivity contribution in [3.05, 3.63) is 61.8 Å². The SMILES string of the molecule is O=c1[nH]c(C[NH+]2CC[NH+](Cc3ccc(Cl)s3)CC2)nc2c1oc1ccccc12. The summed E-state index contributed by atoms with van der Waals surface area (Å²) < 4.78 is 6.53.